The second kappa shape index (κ2) is 3.63. The van der Waals surface area contributed by atoms with Crippen LogP contribution < -0.4 is 5.56 Å². The van der Waals surface area contributed by atoms with Gasteiger partial charge in [0.05, 0.1) is 17.2 Å². The first-order valence-corrected chi connectivity index (χ1v) is 6.33. The van der Waals surface area contributed by atoms with Gasteiger partial charge in [0.2, 0.25) is 0 Å². The van der Waals surface area contributed by atoms with E-state index in [1.165, 1.54) is 7.05 Å². The first-order chi connectivity index (χ1) is 9.12. The van der Waals surface area contributed by atoms with Gasteiger partial charge in [-0.25, -0.2) is 4.68 Å². The number of carbonyl (C=O) groups is 1. The SMILES string of the molecule is Cn1ncc(C(=O)C23CC(C(F)(F)F)(C2)C3)c(Cl)c1=O. The van der Waals surface area contributed by atoms with Crippen molar-refractivity contribution in [2.45, 2.75) is 25.4 Å². The van der Waals surface area contributed by atoms with E-state index in [0.717, 1.165) is 10.9 Å². The highest BCUT2D eigenvalue weighted by molar-refractivity contribution is 6.34. The molecule has 3 aliphatic carbocycles. The van der Waals surface area contributed by atoms with Crippen molar-refractivity contribution in [1.82, 2.24) is 9.78 Å². The van der Waals surface area contributed by atoms with E-state index in [1.54, 1.807) is 0 Å². The molecule has 20 heavy (non-hydrogen) atoms. The number of aryl methyl sites for hydroxylation is 1. The first kappa shape index (κ1) is 13.6. The molecule has 4 nitrogen and oxygen atoms in total. The Balaban J connectivity index is 1.88. The molecule has 108 valence electrons. The molecule has 0 aromatic carbocycles. The topological polar surface area (TPSA) is 52.0 Å². The lowest BCUT2D eigenvalue weighted by molar-refractivity contribution is -0.346. The molecular weight excluding hydrogens is 297 g/mol. The molecule has 1 heterocycles. The number of ketones is 1. The van der Waals surface area contributed by atoms with E-state index in [1.807, 2.05) is 0 Å². The molecule has 0 unspecified atom stereocenters. The highest BCUT2D eigenvalue weighted by Crippen LogP contribution is 2.79. The summed E-state index contributed by atoms with van der Waals surface area (Å²) in [5.41, 5.74) is -3.42. The predicted molar refractivity (Wildman–Crippen MR) is 63.6 cm³/mol. The second-order valence-corrected chi connectivity index (χ2v) is 6.10. The fraction of sp³-hybridized carbons (Fsp3) is 0.583. The van der Waals surface area contributed by atoms with E-state index in [2.05, 4.69) is 5.10 Å². The molecule has 0 N–H and O–H groups in total. The average Bonchev–Trinajstić information content (AvgIpc) is 2.20. The summed E-state index contributed by atoms with van der Waals surface area (Å²) in [5.74, 6) is -0.501. The lowest BCUT2D eigenvalue weighted by Crippen LogP contribution is -2.70. The number of hydrogen-bond donors (Lipinski definition) is 0. The number of hydrogen-bond acceptors (Lipinski definition) is 3. The Bertz CT molecular complexity index is 660. The third-order valence-electron chi connectivity index (χ3n) is 4.44. The number of carbonyl (C=O) groups excluding carboxylic acids is 1. The molecule has 1 aromatic heterocycles. The van der Waals surface area contributed by atoms with Crippen LogP contribution in [0.25, 0.3) is 0 Å². The summed E-state index contributed by atoms with van der Waals surface area (Å²) in [4.78, 5) is 23.9. The van der Waals surface area contributed by atoms with Gasteiger partial charge in [0.1, 0.15) is 5.02 Å². The van der Waals surface area contributed by atoms with Gasteiger partial charge in [-0.05, 0) is 19.3 Å². The monoisotopic (exact) mass is 306 g/mol. The zero-order valence-electron chi connectivity index (χ0n) is 10.4. The smallest absolute Gasteiger partial charge is 0.293 e. The van der Waals surface area contributed by atoms with E-state index >= 15 is 0 Å². The number of halogens is 4. The maximum absolute atomic E-state index is 12.8. The molecule has 8 heteroatoms. The molecule has 0 radical (unpaired) electrons. The largest absolute Gasteiger partial charge is 0.394 e. The summed E-state index contributed by atoms with van der Waals surface area (Å²) >= 11 is 5.81. The highest BCUT2D eigenvalue weighted by Gasteiger charge is 2.80. The van der Waals surface area contributed by atoms with Crippen molar-refractivity contribution in [3.63, 3.8) is 0 Å². The van der Waals surface area contributed by atoms with Crippen LogP contribution in [0, 0.1) is 10.8 Å². The van der Waals surface area contributed by atoms with Gasteiger partial charge < -0.3 is 0 Å². The zero-order chi connectivity index (χ0) is 14.9. The Morgan fingerprint density at radius 1 is 1.40 bits per heavy atom. The Morgan fingerprint density at radius 2 is 1.95 bits per heavy atom. The standard InChI is InChI=1S/C12H10ClF3N2O2/c1-18-9(20)7(13)6(2-17-18)8(19)10-3-11(4-10,5-10)12(14,15)16/h2H,3-5H2,1H3. The molecule has 0 spiro atoms. The Kier molecular flexibility index (Phi) is 2.47. The van der Waals surface area contributed by atoms with Crippen molar-refractivity contribution in [1.29, 1.82) is 0 Å². The quantitative estimate of drug-likeness (QED) is 0.788. The lowest BCUT2D eigenvalue weighted by atomic mass is 9.33. The molecule has 3 aliphatic rings. The third-order valence-corrected chi connectivity index (χ3v) is 4.80. The van der Waals surface area contributed by atoms with Crippen molar-refractivity contribution in [2.75, 3.05) is 0 Å². The third kappa shape index (κ3) is 1.47. The normalized spacial score (nSPS) is 31.4. The van der Waals surface area contributed by atoms with Gasteiger partial charge in [-0.3, -0.25) is 9.59 Å². The molecule has 3 saturated carbocycles. The van der Waals surface area contributed by atoms with Crippen LogP contribution in [0.5, 0.6) is 0 Å². The minimum Gasteiger partial charge on any atom is -0.293 e. The number of alkyl halides is 3. The van der Waals surface area contributed by atoms with Crippen LogP contribution >= 0.6 is 11.6 Å². The number of Topliss-reactive ketones (excluding diaryl/α,β-unsaturated/α-hetero) is 1. The molecular formula is C12H10ClF3N2O2. The Labute approximate surface area is 116 Å². The molecule has 1 aromatic rings. The minimum absolute atomic E-state index is 0.0785. The van der Waals surface area contributed by atoms with Gasteiger partial charge in [0.15, 0.2) is 5.78 Å². The van der Waals surface area contributed by atoms with Crippen molar-refractivity contribution in [3.8, 4) is 0 Å². The van der Waals surface area contributed by atoms with Gasteiger partial charge in [-0.15, -0.1) is 0 Å². The van der Waals surface area contributed by atoms with Gasteiger partial charge in [0, 0.05) is 12.5 Å². The van der Waals surface area contributed by atoms with Crippen molar-refractivity contribution < 1.29 is 18.0 Å². The van der Waals surface area contributed by atoms with Crippen LogP contribution in [0.3, 0.4) is 0 Å². The van der Waals surface area contributed by atoms with E-state index in [4.69, 9.17) is 11.6 Å². The van der Waals surface area contributed by atoms with Crippen LogP contribution in [0.1, 0.15) is 29.6 Å². The Hall–Kier alpha value is -1.37. The number of nitrogens with zero attached hydrogens (tertiary/aromatic N) is 2. The lowest BCUT2D eigenvalue weighted by Gasteiger charge is -2.69. The van der Waals surface area contributed by atoms with E-state index in [0.29, 0.717) is 0 Å². The zero-order valence-corrected chi connectivity index (χ0v) is 11.2. The number of aromatic nitrogens is 2. The second-order valence-electron chi connectivity index (χ2n) is 5.72. The first-order valence-electron chi connectivity index (χ1n) is 5.95. The fourth-order valence-corrected chi connectivity index (χ4v) is 3.54. The average molecular weight is 307 g/mol. The highest BCUT2D eigenvalue weighted by atomic mass is 35.5. The van der Waals surface area contributed by atoms with Gasteiger partial charge in [0.25, 0.3) is 5.56 Å². The molecule has 0 atom stereocenters. The van der Waals surface area contributed by atoms with E-state index < -0.39 is 28.3 Å². The summed E-state index contributed by atoms with van der Waals surface area (Å²) < 4.78 is 39.2. The number of rotatable bonds is 2. The minimum atomic E-state index is -4.27. The van der Waals surface area contributed by atoms with Crippen molar-refractivity contribution >= 4 is 17.4 Å². The summed E-state index contributed by atoms with van der Waals surface area (Å²) in [6.45, 7) is 0. The van der Waals surface area contributed by atoms with Crippen LogP contribution in [0.4, 0.5) is 13.2 Å². The van der Waals surface area contributed by atoms with Crippen LogP contribution in [0.15, 0.2) is 11.0 Å². The van der Waals surface area contributed by atoms with E-state index in [-0.39, 0.29) is 29.8 Å². The maximum atomic E-state index is 12.8. The Morgan fingerprint density at radius 3 is 2.45 bits per heavy atom. The fourth-order valence-electron chi connectivity index (χ4n) is 3.28. The molecule has 4 rings (SSSR count). The summed E-state index contributed by atoms with van der Waals surface area (Å²) in [5, 5.41) is 3.41. The molecule has 0 amide bonds. The predicted octanol–water partition coefficient (Wildman–Crippen LogP) is 2.35. The summed E-state index contributed by atoms with van der Waals surface area (Å²) in [6, 6.07) is 0. The van der Waals surface area contributed by atoms with E-state index in [9.17, 15) is 22.8 Å². The van der Waals surface area contributed by atoms with Crippen molar-refractivity contribution in [2.24, 2.45) is 17.9 Å². The summed E-state index contributed by atoms with van der Waals surface area (Å²) in [7, 11) is 1.38. The molecule has 0 aliphatic heterocycles. The molecule has 2 bridgehead atoms. The summed E-state index contributed by atoms with van der Waals surface area (Å²) in [6.07, 6.45) is -3.77. The molecule has 3 fully saturated rings. The molecule has 0 saturated heterocycles. The van der Waals surface area contributed by atoms with Crippen LogP contribution in [0.2, 0.25) is 5.02 Å². The van der Waals surface area contributed by atoms with Gasteiger partial charge in [-0.1, -0.05) is 11.6 Å². The van der Waals surface area contributed by atoms with Crippen LogP contribution in [-0.4, -0.2) is 21.7 Å². The van der Waals surface area contributed by atoms with Gasteiger partial charge in [-0.2, -0.15) is 18.3 Å². The van der Waals surface area contributed by atoms with Gasteiger partial charge >= 0.3 is 6.18 Å². The van der Waals surface area contributed by atoms with Crippen molar-refractivity contribution in [3.05, 3.63) is 27.1 Å². The maximum Gasteiger partial charge on any atom is 0.394 e. The van der Waals surface area contributed by atoms with Crippen LogP contribution in [-0.2, 0) is 7.05 Å².